The van der Waals surface area contributed by atoms with E-state index < -0.39 is 0 Å². The van der Waals surface area contributed by atoms with Crippen LogP contribution in [-0.4, -0.2) is 61.9 Å². The number of nitrogens with zero attached hydrogens (tertiary/aromatic N) is 2. The number of hydrogen-bond donors (Lipinski definition) is 1. The van der Waals surface area contributed by atoms with Crippen molar-refractivity contribution in [3.63, 3.8) is 0 Å². The number of likely N-dealkylation sites (tertiary alicyclic amines) is 1. The maximum absolute atomic E-state index is 13.1. The van der Waals surface area contributed by atoms with Gasteiger partial charge in [-0.2, -0.15) is 0 Å². The highest BCUT2D eigenvalue weighted by atomic mass is 16.7. The predicted octanol–water partition coefficient (Wildman–Crippen LogP) is 1.84. The Bertz CT molecular complexity index is 696. The van der Waals surface area contributed by atoms with Gasteiger partial charge in [0, 0.05) is 18.4 Å². The molecular weight excluding hydrogens is 346 g/mol. The van der Waals surface area contributed by atoms with Gasteiger partial charge in [-0.3, -0.25) is 14.5 Å². The Morgan fingerprint density at radius 3 is 2.63 bits per heavy atom. The third-order valence-electron chi connectivity index (χ3n) is 5.65. The van der Waals surface area contributed by atoms with E-state index in [1.54, 1.807) is 4.90 Å². The summed E-state index contributed by atoms with van der Waals surface area (Å²) in [5.74, 6) is 0.402. The molecule has 0 radical (unpaired) electrons. The van der Waals surface area contributed by atoms with Crippen molar-refractivity contribution in [3.8, 4) is 0 Å². The van der Waals surface area contributed by atoms with E-state index in [0.717, 1.165) is 31.6 Å². The van der Waals surface area contributed by atoms with Crippen LogP contribution in [-0.2, 0) is 19.1 Å². The monoisotopic (exact) mass is 373 g/mol. The number of fused-ring (bicyclic) bond motifs is 1. The summed E-state index contributed by atoms with van der Waals surface area (Å²) in [6.07, 6.45) is 2.19. The van der Waals surface area contributed by atoms with Gasteiger partial charge in [-0.25, -0.2) is 0 Å². The van der Waals surface area contributed by atoms with E-state index in [1.165, 1.54) is 0 Å². The number of para-hydroxylation sites is 2. The second kappa shape index (κ2) is 7.96. The van der Waals surface area contributed by atoms with Crippen molar-refractivity contribution in [2.24, 2.45) is 5.92 Å². The van der Waals surface area contributed by atoms with Gasteiger partial charge in [0.15, 0.2) is 6.29 Å². The Balaban J connectivity index is 1.41. The molecule has 1 atom stereocenters. The zero-order valence-electron chi connectivity index (χ0n) is 15.7. The molecule has 146 valence electrons. The quantitative estimate of drug-likeness (QED) is 0.875. The SMILES string of the molecule is CC1CC(=O)Nc2ccccc2N1C(=O)CN1CCC(C2OCCO2)CC1. The fourth-order valence-corrected chi connectivity index (χ4v) is 4.27. The molecule has 1 aromatic carbocycles. The maximum atomic E-state index is 13.1. The molecule has 4 rings (SSSR count). The smallest absolute Gasteiger partial charge is 0.241 e. The third-order valence-corrected chi connectivity index (χ3v) is 5.65. The highest BCUT2D eigenvalue weighted by Gasteiger charge is 2.33. The molecule has 1 aromatic rings. The molecule has 0 spiro atoms. The van der Waals surface area contributed by atoms with Gasteiger partial charge in [0.2, 0.25) is 11.8 Å². The first-order valence-corrected chi connectivity index (χ1v) is 9.78. The predicted molar refractivity (Wildman–Crippen MR) is 101 cm³/mol. The molecule has 3 aliphatic heterocycles. The first-order valence-electron chi connectivity index (χ1n) is 9.78. The van der Waals surface area contributed by atoms with E-state index in [-0.39, 0.29) is 24.1 Å². The highest BCUT2D eigenvalue weighted by Crippen LogP contribution is 2.32. The number of hydrogen-bond acceptors (Lipinski definition) is 5. The van der Waals surface area contributed by atoms with Crippen LogP contribution in [0, 0.1) is 5.92 Å². The lowest BCUT2D eigenvalue weighted by atomic mass is 9.96. The van der Waals surface area contributed by atoms with Gasteiger partial charge in [0.05, 0.1) is 31.1 Å². The van der Waals surface area contributed by atoms with Crippen molar-refractivity contribution in [2.75, 3.05) is 43.1 Å². The Labute approximate surface area is 159 Å². The van der Waals surface area contributed by atoms with Gasteiger partial charge < -0.3 is 19.7 Å². The lowest BCUT2D eigenvalue weighted by molar-refractivity contribution is -0.122. The van der Waals surface area contributed by atoms with E-state index >= 15 is 0 Å². The molecule has 3 aliphatic rings. The molecular formula is C20H27N3O4. The van der Waals surface area contributed by atoms with Crippen LogP contribution in [0.25, 0.3) is 0 Å². The zero-order chi connectivity index (χ0) is 18.8. The third kappa shape index (κ3) is 4.00. The number of anilines is 2. The van der Waals surface area contributed by atoms with Crippen molar-refractivity contribution in [1.29, 1.82) is 0 Å². The van der Waals surface area contributed by atoms with E-state index in [2.05, 4.69) is 10.2 Å². The average Bonchev–Trinajstić information content (AvgIpc) is 3.14. The second-order valence-electron chi connectivity index (χ2n) is 7.61. The Morgan fingerprint density at radius 2 is 1.89 bits per heavy atom. The summed E-state index contributed by atoms with van der Waals surface area (Å²) in [5.41, 5.74) is 1.48. The van der Waals surface area contributed by atoms with Crippen molar-refractivity contribution in [2.45, 2.75) is 38.5 Å². The molecule has 0 saturated carbocycles. The first-order chi connectivity index (χ1) is 13.1. The number of carbonyl (C=O) groups excluding carboxylic acids is 2. The second-order valence-corrected chi connectivity index (χ2v) is 7.61. The van der Waals surface area contributed by atoms with Gasteiger partial charge >= 0.3 is 0 Å². The molecule has 27 heavy (non-hydrogen) atoms. The number of benzene rings is 1. The van der Waals surface area contributed by atoms with Crippen LogP contribution in [0.15, 0.2) is 24.3 Å². The molecule has 0 bridgehead atoms. The largest absolute Gasteiger partial charge is 0.350 e. The minimum Gasteiger partial charge on any atom is -0.350 e. The van der Waals surface area contributed by atoms with Crippen molar-refractivity contribution in [3.05, 3.63) is 24.3 Å². The van der Waals surface area contributed by atoms with Crippen LogP contribution in [0.4, 0.5) is 11.4 Å². The average molecular weight is 373 g/mol. The van der Waals surface area contributed by atoms with Crippen molar-refractivity contribution >= 4 is 23.2 Å². The minimum absolute atomic E-state index is 0.0401. The minimum atomic E-state index is -0.168. The summed E-state index contributed by atoms with van der Waals surface area (Å²) in [6.45, 7) is 5.39. The number of piperidine rings is 1. The van der Waals surface area contributed by atoms with Gasteiger partial charge in [-0.05, 0) is 45.0 Å². The van der Waals surface area contributed by atoms with E-state index in [0.29, 0.717) is 37.8 Å². The van der Waals surface area contributed by atoms with Crippen LogP contribution in [0.3, 0.4) is 0 Å². The summed E-state index contributed by atoms with van der Waals surface area (Å²) in [5, 5.41) is 2.90. The van der Waals surface area contributed by atoms with Crippen LogP contribution < -0.4 is 10.2 Å². The van der Waals surface area contributed by atoms with Crippen molar-refractivity contribution < 1.29 is 19.1 Å². The number of rotatable bonds is 3. The van der Waals surface area contributed by atoms with Crippen molar-refractivity contribution in [1.82, 2.24) is 4.90 Å². The molecule has 0 aliphatic carbocycles. The normalized spacial score (nSPS) is 25.1. The van der Waals surface area contributed by atoms with E-state index in [4.69, 9.17) is 9.47 Å². The summed E-state index contributed by atoms with van der Waals surface area (Å²) in [6, 6.07) is 7.35. The van der Waals surface area contributed by atoms with Gasteiger partial charge in [-0.1, -0.05) is 12.1 Å². The van der Waals surface area contributed by atoms with Crippen LogP contribution >= 0.6 is 0 Å². The Kier molecular flexibility index (Phi) is 5.43. The Hall–Kier alpha value is -1.96. The molecule has 7 nitrogen and oxygen atoms in total. The lowest BCUT2D eigenvalue weighted by Crippen LogP contribution is -2.47. The van der Waals surface area contributed by atoms with Gasteiger partial charge in [0.25, 0.3) is 0 Å². The molecule has 1 N–H and O–H groups in total. The van der Waals surface area contributed by atoms with Gasteiger partial charge in [-0.15, -0.1) is 0 Å². The first kappa shape index (κ1) is 18.4. The molecule has 7 heteroatoms. The van der Waals surface area contributed by atoms with E-state index in [9.17, 15) is 9.59 Å². The fraction of sp³-hybridized carbons (Fsp3) is 0.600. The molecule has 1 unspecified atom stereocenters. The number of carbonyl (C=O) groups is 2. The van der Waals surface area contributed by atoms with E-state index in [1.807, 2.05) is 31.2 Å². The number of nitrogens with one attached hydrogen (secondary N) is 1. The zero-order valence-corrected chi connectivity index (χ0v) is 15.7. The number of amides is 2. The molecule has 2 saturated heterocycles. The summed E-state index contributed by atoms with van der Waals surface area (Å²) < 4.78 is 11.3. The van der Waals surface area contributed by atoms with Crippen LogP contribution in [0.2, 0.25) is 0 Å². The number of ether oxygens (including phenoxy) is 2. The Morgan fingerprint density at radius 1 is 1.19 bits per heavy atom. The van der Waals surface area contributed by atoms with Crippen LogP contribution in [0.1, 0.15) is 26.2 Å². The molecule has 0 aromatic heterocycles. The fourth-order valence-electron chi connectivity index (χ4n) is 4.27. The highest BCUT2D eigenvalue weighted by molar-refractivity contribution is 6.04. The maximum Gasteiger partial charge on any atom is 0.241 e. The van der Waals surface area contributed by atoms with Gasteiger partial charge in [0.1, 0.15) is 0 Å². The van der Waals surface area contributed by atoms with Crippen LogP contribution in [0.5, 0.6) is 0 Å². The molecule has 2 fully saturated rings. The topological polar surface area (TPSA) is 71.1 Å². The summed E-state index contributed by atoms with van der Waals surface area (Å²) >= 11 is 0. The summed E-state index contributed by atoms with van der Waals surface area (Å²) in [7, 11) is 0. The molecule has 2 amide bonds. The standard InChI is InChI=1S/C20H27N3O4/c1-14-12-18(24)21-16-4-2-3-5-17(16)23(14)19(25)13-22-8-6-15(7-9-22)20-26-10-11-27-20/h2-5,14-15,20H,6-13H2,1H3,(H,21,24). The lowest BCUT2D eigenvalue weighted by Gasteiger charge is -2.35. The summed E-state index contributed by atoms with van der Waals surface area (Å²) in [4.78, 5) is 29.2. The molecule has 3 heterocycles.